The minimum Gasteiger partial charge on any atom is -0.346 e. The van der Waals surface area contributed by atoms with Gasteiger partial charge >= 0.3 is 0 Å². The summed E-state index contributed by atoms with van der Waals surface area (Å²) in [4.78, 5) is 20.8. The molecule has 0 aliphatic carbocycles. The molecular weight excluding hydrogens is 346 g/mol. The van der Waals surface area contributed by atoms with Gasteiger partial charge in [-0.3, -0.25) is 4.79 Å². The van der Waals surface area contributed by atoms with Gasteiger partial charge in [0, 0.05) is 33.1 Å². The number of aromatic nitrogens is 3. The number of amides is 1. The number of carbonyl (C=O) groups excluding carboxylic acids is 1. The Morgan fingerprint density at radius 3 is 2.77 bits per heavy atom. The molecule has 0 N–H and O–H groups in total. The van der Waals surface area contributed by atoms with E-state index in [2.05, 4.69) is 30.0 Å². The lowest BCUT2D eigenvalue weighted by Crippen LogP contribution is -2.33. The molecule has 0 radical (unpaired) electrons. The average molecular weight is 369 g/mol. The predicted octanol–water partition coefficient (Wildman–Crippen LogP) is 3.16. The van der Waals surface area contributed by atoms with Gasteiger partial charge in [-0.2, -0.15) is 10.1 Å². The van der Waals surface area contributed by atoms with Crippen molar-refractivity contribution >= 4 is 32.7 Å². The van der Waals surface area contributed by atoms with Gasteiger partial charge in [0.2, 0.25) is 5.91 Å². The molecule has 7 heteroatoms. The normalized spacial score (nSPS) is 15.5. The Labute approximate surface area is 157 Å². The van der Waals surface area contributed by atoms with Crippen molar-refractivity contribution < 1.29 is 4.79 Å². The highest BCUT2D eigenvalue weighted by Gasteiger charge is 2.22. The maximum absolute atomic E-state index is 11.7. The number of benzene rings is 1. The number of aryl methyl sites for hydroxylation is 2. The lowest BCUT2D eigenvalue weighted by atomic mass is 10.2. The molecule has 4 rings (SSSR count). The number of fused-ring (bicyclic) bond motifs is 1. The highest BCUT2D eigenvalue weighted by molar-refractivity contribution is 7.22. The quantitative estimate of drug-likeness (QED) is 0.696. The van der Waals surface area contributed by atoms with Crippen molar-refractivity contribution in [2.45, 2.75) is 27.2 Å². The third-order valence-electron chi connectivity index (χ3n) is 4.84. The lowest BCUT2D eigenvalue weighted by Gasteiger charge is -2.20. The zero-order valence-electron chi connectivity index (χ0n) is 15.4. The Balaban J connectivity index is 1.68. The monoisotopic (exact) mass is 369 g/mol. The van der Waals surface area contributed by atoms with Gasteiger partial charge < -0.3 is 9.80 Å². The molecular formula is C19H23N5OS. The summed E-state index contributed by atoms with van der Waals surface area (Å²) >= 11 is 1.70. The smallest absolute Gasteiger partial charge is 0.219 e. The van der Waals surface area contributed by atoms with E-state index in [1.54, 1.807) is 18.3 Å². The Morgan fingerprint density at radius 2 is 2.00 bits per heavy atom. The van der Waals surface area contributed by atoms with Gasteiger partial charge in [-0.1, -0.05) is 23.5 Å². The van der Waals surface area contributed by atoms with Crippen LogP contribution in [0.4, 0.5) is 5.13 Å². The highest BCUT2D eigenvalue weighted by Crippen LogP contribution is 2.33. The number of thiazole rings is 1. The van der Waals surface area contributed by atoms with Crippen LogP contribution in [0.2, 0.25) is 0 Å². The Kier molecular flexibility index (Phi) is 4.40. The van der Waals surface area contributed by atoms with Crippen LogP contribution in [0.15, 0.2) is 24.3 Å². The zero-order valence-corrected chi connectivity index (χ0v) is 16.2. The standard InChI is InChI=1S/C19H23N5OS/c1-13-6-4-7-16(12-13)24-18-17(14(2)21-24)26-19(20-18)23-9-5-8-22(10-11-23)15(3)25/h4,6-7,12H,5,8-11H2,1-3H3. The highest BCUT2D eigenvalue weighted by atomic mass is 32.1. The molecule has 1 fully saturated rings. The van der Waals surface area contributed by atoms with Gasteiger partial charge in [0.1, 0.15) is 0 Å². The maximum atomic E-state index is 11.7. The van der Waals surface area contributed by atoms with Crippen LogP contribution in [0.3, 0.4) is 0 Å². The summed E-state index contributed by atoms with van der Waals surface area (Å²) in [5.41, 5.74) is 4.17. The van der Waals surface area contributed by atoms with E-state index >= 15 is 0 Å². The second kappa shape index (κ2) is 6.72. The number of nitrogens with zero attached hydrogens (tertiary/aromatic N) is 5. The van der Waals surface area contributed by atoms with Gasteiger partial charge in [0.15, 0.2) is 10.8 Å². The second-order valence-corrected chi connectivity index (χ2v) is 7.81. The van der Waals surface area contributed by atoms with Crippen molar-refractivity contribution in [2.24, 2.45) is 0 Å². The molecule has 3 aromatic rings. The van der Waals surface area contributed by atoms with E-state index < -0.39 is 0 Å². The molecule has 0 unspecified atom stereocenters. The number of rotatable bonds is 2. The first-order valence-electron chi connectivity index (χ1n) is 8.96. The average Bonchev–Trinajstić information content (AvgIpc) is 3.06. The van der Waals surface area contributed by atoms with E-state index in [-0.39, 0.29) is 5.91 Å². The summed E-state index contributed by atoms with van der Waals surface area (Å²) in [6.07, 6.45) is 0.971. The second-order valence-electron chi connectivity index (χ2n) is 6.83. The van der Waals surface area contributed by atoms with E-state index in [0.717, 1.165) is 59.5 Å². The zero-order chi connectivity index (χ0) is 18.3. The SMILES string of the molecule is CC(=O)N1CCCN(c2nc3c(s2)c(C)nn3-c2cccc(C)c2)CC1. The molecule has 3 heterocycles. The summed E-state index contributed by atoms with van der Waals surface area (Å²) in [6, 6.07) is 8.32. The fourth-order valence-corrected chi connectivity index (χ4v) is 4.46. The molecule has 0 saturated carbocycles. The molecule has 1 aliphatic heterocycles. The Hall–Kier alpha value is -2.41. The van der Waals surface area contributed by atoms with Gasteiger partial charge in [0.25, 0.3) is 0 Å². The van der Waals surface area contributed by atoms with Crippen LogP contribution >= 0.6 is 11.3 Å². The fraction of sp³-hybridized carbons (Fsp3) is 0.421. The van der Waals surface area contributed by atoms with Crippen LogP contribution in [-0.2, 0) is 4.79 Å². The lowest BCUT2D eigenvalue weighted by molar-refractivity contribution is -0.128. The molecule has 136 valence electrons. The minimum absolute atomic E-state index is 0.155. The molecule has 1 aliphatic rings. The van der Waals surface area contributed by atoms with Gasteiger partial charge in [-0.05, 0) is 38.0 Å². The van der Waals surface area contributed by atoms with Crippen LogP contribution in [0.1, 0.15) is 24.6 Å². The van der Waals surface area contributed by atoms with Crippen LogP contribution in [0.25, 0.3) is 16.0 Å². The van der Waals surface area contributed by atoms with Crippen molar-refractivity contribution in [2.75, 3.05) is 31.1 Å². The third-order valence-corrected chi connectivity index (χ3v) is 6.05. The first-order chi connectivity index (χ1) is 12.5. The summed E-state index contributed by atoms with van der Waals surface area (Å²) in [5, 5.41) is 5.71. The minimum atomic E-state index is 0.155. The molecule has 6 nitrogen and oxygen atoms in total. The van der Waals surface area contributed by atoms with Crippen LogP contribution in [0.5, 0.6) is 0 Å². The first-order valence-corrected chi connectivity index (χ1v) is 9.78. The van der Waals surface area contributed by atoms with Crippen LogP contribution < -0.4 is 4.90 Å². The number of carbonyl (C=O) groups is 1. The third kappa shape index (κ3) is 3.07. The van der Waals surface area contributed by atoms with Crippen molar-refractivity contribution in [3.8, 4) is 5.69 Å². The maximum Gasteiger partial charge on any atom is 0.219 e. The van der Waals surface area contributed by atoms with E-state index in [1.165, 1.54) is 5.56 Å². The fourth-order valence-electron chi connectivity index (χ4n) is 3.42. The van der Waals surface area contributed by atoms with Crippen molar-refractivity contribution in [3.63, 3.8) is 0 Å². The summed E-state index contributed by atoms with van der Waals surface area (Å²) in [5.74, 6) is 0.155. The first kappa shape index (κ1) is 17.0. The number of hydrogen-bond donors (Lipinski definition) is 0. The van der Waals surface area contributed by atoms with Gasteiger partial charge in [0.05, 0.1) is 16.1 Å². The number of hydrogen-bond acceptors (Lipinski definition) is 5. The van der Waals surface area contributed by atoms with E-state index in [4.69, 9.17) is 10.1 Å². The van der Waals surface area contributed by atoms with E-state index in [0.29, 0.717) is 0 Å². The van der Waals surface area contributed by atoms with Crippen LogP contribution in [-0.4, -0.2) is 51.8 Å². The van der Waals surface area contributed by atoms with Crippen molar-refractivity contribution in [3.05, 3.63) is 35.5 Å². The van der Waals surface area contributed by atoms with E-state index in [9.17, 15) is 4.79 Å². The Morgan fingerprint density at radius 1 is 1.15 bits per heavy atom. The van der Waals surface area contributed by atoms with Crippen LogP contribution in [0, 0.1) is 13.8 Å². The van der Waals surface area contributed by atoms with E-state index in [1.807, 2.05) is 22.6 Å². The molecule has 2 aromatic heterocycles. The van der Waals surface area contributed by atoms with Crippen molar-refractivity contribution in [1.82, 2.24) is 19.7 Å². The largest absolute Gasteiger partial charge is 0.346 e. The molecule has 0 atom stereocenters. The molecule has 1 amide bonds. The molecule has 1 aromatic carbocycles. The summed E-state index contributed by atoms with van der Waals surface area (Å²) in [6.45, 7) is 9.11. The molecule has 0 bridgehead atoms. The summed E-state index contributed by atoms with van der Waals surface area (Å²) < 4.78 is 3.08. The molecule has 0 spiro atoms. The Bertz CT molecular complexity index is 960. The molecule has 1 saturated heterocycles. The summed E-state index contributed by atoms with van der Waals surface area (Å²) in [7, 11) is 0. The topological polar surface area (TPSA) is 54.3 Å². The van der Waals surface area contributed by atoms with Gasteiger partial charge in [-0.15, -0.1) is 0 Å². The van der Waals surface area contributed by atoms with Gasteiger partial charge in [-0.25, -0.2) is 4.68 Å². The predicted molar refractivity (Wildman–Crippen MR) is 105 cm³/mol. The number of anilines is 1. The van der Waals surface area contributed by atoms with Crippen molar-refractivity contribution in [1.29, 1.82) is 0 Å². The molecule has 26 heavy (non-hydrogen) atoms.